The third kappa shape index (κ3) is 6.27. The average Bonchev–Trinajstić information content (AvgIpc) is 2.75. The lowest BCUT2D eigenvalue weighted by Crippen LogP contribution is -2.33. The number of nitrogens with zero attached hydrogens (tertiary/aromatic N) is 1. The summed E-state index contributed by atoms with van der Waals surface area (Å²) in [6.45, 7) is 7.64. The smallest absolute Gasteiger partial charge is 0.238 e. The first-order chi connectivity index (χ1) is 15.0. The Hall–Kier alpha value is -2.95. The summed E-state index contributed by atoms with van der Waals surface area (Å²) in [4.78, 5) is 14.5. The minimum absolute atomic E-state index is 0.0154. The van der Waals surface area contributed by atoms with Gasteiger partial charge in [-0.15, -0.1) is 0 Å². The monoisotopic (exact) mass is 416 g/mol. The lowest BCUT2D eigenvalue weighted by molar-refractivity contribution is -0.117. The zero-order valence-corrected chi connectivity index (χ0v) is 18.9. The molecule has 0 bridgehead atoms. The number of carbonyl (C=O) groups is 1. The van der Waals surface area contributed by atoms with Crippen molar-refractivity contribution in [3.05, 3.63) is 101 Å². The van der Waals surface area contributed by atoms with Gasteiger partial charge in [-0.1, -0.05) is 72.8 Å². The predicted molar refractivity (Wildman–Crippen MR) is 127 cm³/mol. The molecule has 162 valence electrons. The molecule has 0 heterocycles. The first-order valence-electron chi connectivity index (χ1n) is 10.7. The molecule has 3 aromatic carbocycles. The van der Waals surface area contributed by atoms with E-state index in [-0.39, 0.29) is 12.0 Å². The van der Waals surface area contributed by atoms with Crippen molar-refractivity contribution in [1.82, 2.24) is 4.90 Å². The maximum absolute atomic E-state index is 12.5. The number of ether oxygens (including phenoxy) is 1. The van der Waals surface area contributed by atoms with E-state index in [4.69, 9.17) is 4.74 Å². The van der Waals surface area contributed by atoms with Gasteiger partial charge in [-0.25, -0.2) is 0 Å². The molecule has 3 aromatic rings. The van der Waals surface area contributed by atoms with E-state index in [2.05, 4.69) is 36.5 Å². The summed E-state index contributed by atoms with van der Waals surface area (Å²) in [7, 11) is 1.94. The van der Waals surface area contributed by atoms with Crippen LogP contribution in [0, 0.1) is 20.8 Å². The minimum Gasteiger partial charge on any atom is -0.367 e. The number of anilines is 1. The molecule has 0 fully saturated rings. The van der Waals surface area contributed by atoms with Crippen molar-refractivity contribution in [1.29, 1.82) is 0 Å². The van der Waals surface area contributed by atoms with E-state index >= 15 is 0 Å². The number of likely N-dealkylation sites (N-methyl/N-ethyl adjacent to an activating group) is 1. The summed E-state index contributed by atoms with van der Waals surface area (Å²) >= 11 is 0. The van der Waals surface area contributed by atoms with Crippen LogP contribution in [0.1, 0.15) is 33.9 Å². The van der Waals surface area contributed by atoms with Gasteiger partial charge in [0.25, 0.3) is 0 Å². The van der Waals surface area contributed by atoms with Crippen molar-refractivity contribution in [2.24, 2.45) is 0 Å². The molecule has 4 heteroatoms. The summed E-state index contributed by atoms with van der Waals surface area (Å²) in [5.74, 6) is -0.0154. The third-order valence-electron chi connectivity index (χ3n) is 5.49. The van der Waals surface area contributed by atoms with Gasteiger partial charge >= 0.3 is 0 Å². The normalized spacial score (nSPS) is 12.0. The SMILES string of the molecule is Cc1ccccc1[C@H](OCCN(C)CC(=O)Nc1c(C)cccc1C)c1ccccc1. The number of para-hydroxylation sites is 1. The largest absolute Gasteiger partial charge is 0.367 e. The van der Waals surface area contributed by atoms with Crippen LogP contribution in [0.2, 0.25) is 0 Å². The summed E-state index contributed by atoms with van der Waals surface area (Å²) in [6.07, 6.45) is -0.126. The van der Waals surface area contributed by atoms with Crippen molar-refractivity contribution < 1.29 is 9.53 Å². The highest BCUT2D eigenvalue weighted by Gasteiger charge is 2.17. The van der Waals surface area contributed by atoms with Gasteiger partial charge in [0.2, 0.25) is 5.91 Å². The molecule has 31 heavy (non-hydrogen) atoms. The van der Waals surface area contributed by atoms with E-state index in [1.165, 1.54) is 11.1 Å². The molecule has 0 unspecified atom stereocenters. The Bertz CT molecular complexity index is 981. The number of amides is 1. The van der Waals surface area contributed by atoms with Crippen molar-refractivity contribution in [2.45, 2.75) is 26.9 Å². The molecule has 0 aliphatic rings. The first kappa shape index (κ1) is 22.7. The van der Waals surface area contributed by atoms with Gasteiger partial charge in [0.1, 0.15) is 6.10 Å². The van der Waals surface area contributed by atoms with Crippen LogP contribution in [-0.2, 0) is 9.53 Å². The Morgan fingerprint density at radius 1 is 0.871 bits per heavy atom. The standard InChI is InChI=1S/C27H32N2O2/c1-20-11-8-9-16-24(20)27(23-14-6-5-7-15-23)31-18-17-29(4)19-25(30)28-26-21(2)12-10-13-22(26)3/h5-16,27H,17-19H2,1-4H3,(H,28,30)/t27-/m1/s1. The molecular weight excluding hydrogens is 384 g/mol. The molecule has 0 saturated carbocycles. The van der Waals surface area contributed by atoms with Crippen LogP contribution >= 0.6 is 0 Å². The zero-order chi connectivity index (χ0) is 22.2. The van der Waals surface area contributed by atoms with E-state index in [1.54, 1.807) is 0 Å². The van der Waals surface area contributed by atoms with Gasteiger partial charge in [-0.2, -0.15) is 0 Å². The van der Waals surface area contributed by atoms with Crippen LogP contribution in [0.5, 0.6) is 0 Å². The Kier molecular flexibility index (Phi) is 7.99. The summed E-state index contributed by atoms with van der Waals surface area (Å²) in [5.41, 5.74) is 6.56. The lowest BCUT2D eigenvalue weighted by Gasteiger charge is -2.23. The lowest BCUT2D eigenvalue weighted by atomic mass is 9.97. The fourth-order valence-corrected chi connectivity index (χ4v) is 3.72. The average molecular weight is 417 g/mol. The minimum atomic E-state index is -0.126. The van der Waals surface area contributed by atoms with Crippen LogP contribution in [-0.4, -0.2) is 37.6 Å². The van der Waals surface area contributed by atoms with Crippen molar-refractivity contribution in [3.8, 4) is 0 Å². The molecule has 0 aliphatic carbocycles. The highest BCUT2D eigenvalue weighted by atomic mass is 16.5. The summed E-state index contributed by atoms with van der Waals surface area (Å²) < 4.78 is 6.33. The van der Waals surface area contributed by atoms with Crippen molar-refractivity contribution in [3.63, 3.8) is 0 Å². The molecule has 0 aromatic heterocycles. The van der Waals surface area contributed by atoms with Gasteiger partial charge in [0.05, 0.1) is 13.2 Å². The van der Waals surface area contributed by atoms with Crippen LogP contribution in [0.15, 0.2) is 72.8 Å². The van der Waals surface area contributed by atoms with Gasteiger partial charge in [0.15, 0.2) is 0 Å². The fourth-order valence-electron chi connectivity index (χ4n) is 3.72. The Labute approximate surface area is 185 Å². The summed E-state index contributed by atoms with van der Waals surface area (Å²) in [6, 6.07) is 24.6. The fraction of sp³-hybridized carbons (Fsp3) is 0.296. The maximum Gasteiger partial charge on any atom is 0.238 e. The van der Waals surface area contributed by atoms with Crippen LogP contribution in [0.25, 0.3) is 0 Å². The van der Waals surface area contributed by atoms with Crippen LogP contribution in [0.4, 0.5) is 5.69 Å². The second-order valence-corrected chi connectivity index (χ2v) is 8.07. The van der Waals surface area contributed by atoms with E-state index < -0.39 is 0 Å². The Morgan fingerprint density at radius 3 is 2.16 bits per heavy atom. The van der Waals surface area contributed by atoms with E-state index in [1.807, 2.05) is 74.3 Å². The van der Waals surface area contributed by atoms with Crippen LogP contribution in [0.3, 0.4) is 0 Å². The predicted octanol–water partition coefficient (Wildman–Crippen LogP) is 5.29. The molecule has 0 saturated heterocycles. The highest BCUT2D eigenvalue weighted by Crippen LogP contribution is 2.28. The van der Waals surface area contributed by atoms with Crippen molar-refractivity contribution >= 4 is 11.6 Å². The molecule has 4 nitrogen and oxygen atoms in total. The molecule has 0 spiro atoms. The van der Waals surface area contributed by atoms with E-state index in [0.717, 1.165) is 22.4 Å². The maximum atomic E-state index is 12.5. The number of aryl methyl sites for hydroxylation is 3. The van der Waals surface area contributed by atoms with Gasteiger partial charge in [0, 0.05) is 12.2 Å². The number of hydrogen-bond donors (Lipinski definition) is 1. The second kappa shape index (κ2) is 10.9. The molecule has 1 N–H and O–H groups in total. The molecule has 1 amide bonds. The van der Waals surface area contributed by atoms with E-state index in [9.17, 15) is 4.79 Å². The number of nitrogens with one attached hydrogen (secondary N) is 1. The summed E-state index contributed by atoms with van der Waals surface area (Å²) in [5, 5.41) is 3.05. The second-order valence-electron chi connectivity index (χ2n) is 8.07. The van der Waals surface area contributed by atoms with Gasteiger partial charge < -0.3 is 10.1 Å². The third-order valence-corrected chi connectivity index (χ3v) is 5.49. The van der Waals surface area contributed by atoms with E-state index in [0.29, 0.717) is 19.7 Å². The van der Waals surface area contributed by atoms with Gasteiger partial charge in [-0.05, 0) is 55.6 Å². The topological polar surface area (TPSA) is 41.6 Å². The van der Waals surface area contributed by atoms with Crippen molar-refractivity contribution in [2.75, 3.05) is 32.1 Å². The zero-order valence-electron chi connectivity index (χ0n) is 18.9. The molecule has 3 rings (SSSR count). The first-order valence-corrected chi connectivity index (χ1v) is 10.7. The number of benzene rings is 3. The van der Waals surface area contributed by atoms with Gasteiger partial charge in [-0.3, -0.25) is 9.69 Å². The molecule has 0 aliphatic heterocycles. The number of hydrogen-bond acceptors (Lipinski definition) is 3. The Morgan fingerprint density at radius 2 is 1.48 bits per heavy atom. The highest BCUT2D eigenvalue weighted by molar-refractivity contribution is 5.93. The molecule has 1 atom stereocenters. The Balaban J connectivity index is 1.58. The molecular formula is C27H32N2O2. The molecule has 0 radical (unpaired) electrons. The number of carbonyl (C=O) groups excluding carboxylic acids is 1. The number of rotatable bonds is 9. The quantitative estimate of drug-likeness (QED) is 0.515. The van der Waals surface area contributed by atoms with Crippen LogP contribution < -0.4 is 5.32 Å².